The number of aromatic nitrogens is 2. The van der Waals surface area contributed by atoms with Gasteiger partial charge in [-0.2, -0.15) is 0 Å². The van der Waals surface area contributed by atoms with Gasteiger partial charge < -0.3 is 15.0 Å². The van der Waals surface area contributed by atoms with Crippen LogP contribution < -0.4 is 4.90 Å². The Morgan fingerprint density at radius 3 is 2.76 bits per heavy atom. The molecule has 1 saturated carbocycles. The smallest absolute Gasteiger partial charge is 0.204 e. The second kappa shape index (κ2) is 3.01. The highest BCUT2D eigenvalue weighted by Gasteiger charge is 2.52. The van der Waals surface area contributed by atoms with Crippen molar-refractivity contribution < 1.29 is 5.11 Å². The van der Waals surface area contributed by atoms with E-state index in [0.29, 0.717) is 5.92 Å². The third-order valence-corrected chi connectivity index (χ3v) is 3.94. The molecule has 4 nitrogen and oxygen atoms in total. The number of aliphatic hydroxyl groups is 1. The zero-order valence-electron chi connectivity index (χ0n) is 9.56. The van der Waals surface area contributed by atoms with Gasteiger partial charge in [0.1, 0.15) is 5.60 Å². The van der Waals surface area contributed by atoms with Crippen LogP contribution >= 0.6 is 0 Å². The van der Waals surface area contributed by atoms with Crippen molar-refractivity contribution in [1.82, 2.24) is 9.97 Å². The maximum atomic E-state index is 10.3. The van der Waals surface area contributed by atoms with E-state index < -0.39 is 5.60 Å². The van der Waals surface area contributed by atoms with Crippen molar-refractivity contribution in [1.29, 1.82) is 0 Å². The number of rotatable bonds is 2. The van der Waals surface area contributed by atoms with E-state index in [-0.39, 0.29) is 0 Å². The topological polar surface area (TPSA) is 52.1 Å². The van der Waals surface area contributed by atoms with E-state index in [1.54, 1.807) is 0 Å². The van der Waals surface area contributed by atoms with Gasteiger partial charge in [0.05, 0.1) is 24.1 Å². The predicted octanol–water partition coefficient (Wildman–Crippen LogP) is 1.52. The monoisotopic (exact) mass is 229 g/mol. The molecule has 0 spiro atoms. The maximum absolute atomic E-state index is 10.3. The fourth-order valence-corrected chi connectivity index (χ4v) is 2.73. The molecule has 1 aliphatic heterocycles. The largest absolute Gasteiger partial charge is 0.386 e. The molecule has 1 aromatic heterocycles. The lowest BCUT2D eigenvalue weighted by Gasteiger charge is -2.46. The zero-order chi connectivity index (χ0) is 11.5. The number of H-pyrrole nitrogens is 1. The summed E-state index contributed by atoms with van der Waals surface area (Å²) in [5.41, 5.74) is 1.60. The predicted molar refractivity (Wildman–Crippen MR) is 66.0 cm³/mol. The van der Waals surface area contributed by atoms with Crippen molar-refractivity contribution in [2.75, 3.05) is 18.0 Å². The highest BCUT2D eigenvalue weighted by Crippen LogP contribution is 2.45. The molecule has 1 aromatic carbocycles. The molecule has 2 aromatic rings. The van der Waals surface area contributed by atoms with Gasteiger partial charge in [-0.05, 0) is 30.9 Å². The summed E-state index contributed by atoms with van der Waals surface area (Å²) < 4.78 is 0. The van der Waals surface area contributed by atoms with E-state index in [2.05, 4.69) is 14.9 Å². The first-order chi connectivity index (χ1) is 8.24. The number of nitrogens with zero attached hydrogens (tertiary/aromatic N) is 2. The van der Waals surface area contributed by atoms with E-state index >= 15 is 0 Å². The Bertz CT molecular complexity index is 534. The van der Waals surface area contributed by atoms with Crippen LogP contribution in [0.1, 0.15) is 12.8 Å². The van der Waals surface area contributed by atoms with Crippen LogP contribution in [0, 0.1) is 5.92 Å². The molecule has 1 aliphatic carbocycles. The first-order valence-electron chi connectivity index (χ1n) is 6.17. The van der Waals surface area contributed by atoms with Gasteiger partial charge in [0.2, 0.25) is 5.95 Å². The summed E-state index contributed by atoms with van der Waals surface area (Å²) in [4.78, 5) is 9.96. The maximum Gasteiger partial charge on any atom is 0.204 e. The Morgan fingerprint density at radius 1 is 1.29 bits per heavy atom. The fraction of sp³-hybridized carbons (Fsp3) is 0.462. The van der Waals surface area contributed by atoms with Crippen molar-refractivity contribution in [3.05, 3.63) is 24.3 Å². The Balaban J connectivity index is 1.60. The van der Waals surface area contributed by atoms with Gasteiger partial charge in [-0.1, -0.05) is 12.1 Å². The molecule has 2 N–H and O–H groups in total. The van der Waals surface area contributed by atoms with Gasteiger partial charge in [-0.15, -0.1) is 0 Å². The van der Waals surface area contributed by atoms with Gasteiger partial charge in [-0.25, -0.2) is 4.98 Å². The number of hydrogen-bond acceptors (Lipinski definition) is 3. The molecule has 2 heterocycles. The molecule has 88 valence electrons. The lowest BCUT2D eigenvalue weighted by molar-refractivity contribution is -0.0101. The van der Waals surface area contributed by atoms with Gasteiger partial charge in [0, 0.05) is 0 Å². The third-order valence-electron chi connectivity index (χ3n) is 3.94. The second-order valence-corrected chi connectivity index (χ2v) is 5.31. The summed E-state index contributed by atoms with van der Waals surface area (Å²) in [6, 6.07) is 8.02. The summed E-state index contributed by atoms with van der Waals surface area (Å²) >= 11 is 0. The van der Waals surface area contributed by atoms with Crippen LogP contribution in [0.3, 0.4) is 0 Å². The van der Waals surface area contributed by atoms with Crippen LogP contribution in [-0.2, 0) is 0 Å². The van der Waals surface area contributed by atoms with E-state index in [1.165, 1.54) is 12.8 Å². The Hall–Kier alpha value is -1.55. The number of β-amino-alcohol motifs (C(OH)–C–C–N with tert-alkyl or cyclic N) is 1. The molecule has 0 radical (unpaired) electrons. The Morgan fingerprint density at radius 2 is 2.06 bits per heavy atom. The molecule has 2 fully saturated rings. The first-order valence-corrected chi connectivity index (χ1v) is 6.17. The van der Waals surface area contributed by atoms with E-state index in [0.717, 1.165) is 30.1 Å². The van der Waals surface area contributed by atoms with Crippen molar-refractivity contribution in [3.8, 4) is 0 Å². The highest BCUT2D eigenvalue weighted by atomic mass is 16.3. The molecule has 0 atom stereocenters. The molecule has 1 saturated heterocycles. The molecular weight excluding hydrogens is 214 g/mol. The number of benzene rings is 1. The molecule has 0 amide bonds. The lowest BCUT2D eigenvalue weighted by atomic mass is 9.89. The molecule has 4 heteroatoms. The van der Waals surface area contributed by atoms with Gasteiger partial charge in [0.25, 0.3) is 0 Å². The zero-order valence-corrected chi connectivity index (χ0v) is 9.56. The molecule has 17 heavy (non-hydrogen) atoms. The minimum Gasteiger partial charge on any atom is -0.386 e. The third kappa shape index (κ3) is 1.37. The van der Waals surface area contributed by atoms with Crippen molar-refractivity contribution in [2.45, 2.75) is 18.4 Å². The number of imidazole rings is 1. The van der Waals surface area contributed by atoms with E-state index in [1.807, 2.05) is 24.3 Å². The normalized spacial score (nSPS) is 22.8. The van der Waals surface area contributed by atoms with Crippen molar-refractivity contribution in [2.24, 2.45) is 5.92 Å². The minimum absolute atomic E-state index is 0.445. The van der Waals surface area contributed by atoms with Gasteiger partial charge in [-0.3, -0.25) is 0 Å². The van der Waals surface area contributed by atoms with E-state index in [4.69, 9.17) is 0 Å². The summed E-state index contributed by atoms with van der Waals surface area (Å²) in [5, 5.41) is 10.3. The number of aromatic amines is 1. The average Bonchev–Trinajstić information content (AvgIpc) is 3.04. The molecule has 0 bridgehead atoms. The highest BCUT2D eigenvalue weighted by molar-refractivity contribution is 5.77. The van der Waals surface area contributed by atoms with Gasteiger partial charge >= 0.3 is 0 Å². The summed E-state index contributed by atoms with van der Waals surface area (Å²) in [5.74, 6) is 1.42. The molecule has 2 aliphatic rings. The van der Waals surface area contributed by atoms with Crippen LogP contribution in [0.2, 0.25) is 0 Å². The standard InChI is InChI=1S/C13H15N3O/c17-13(9-5-6-9)7-16(8-13)12-14-10-3-1-2-4-11(10)15-12/h1-4,9,17H,5-8H2,(H,14,15). The second-order valence-electron chi connectivity index (χ2n) is 5.31. The van der Waals surface area contributed by atoms with Crippen LogP contribution in [0.5, 0.6) is 0 Å². The van der Waals surface area contributed by atoms with Crippen LogP contribution in [0.15, 0.2) is 24.3 Å². The van der Waals surface area contributed by atoms with Crippen LogP contribution in [-0.4, -0.2) is 33.8 Å². The number of anilines is 1. The van der Waals surface area contributed by atoms with Crippen molar-refractivity contribution in [3.63, 3.8) is 0 Å². The fourth-order valence-electron chi connectivity index (χ4n) is 2.73. The molecular formula is C13H15N3O. The number of fused-ring (bicyclic) bond motifs is 1. The summed E-state index contributed by atoms with van der Waals surface area (Å²) in [6.45, 7) is 1.44. The first kappa shape index (κ1) is 9.48. The summed E-state index contributed by atoms with van der Waals surface area (Å²) in [6.07, 6.45) is 2.37. The summed E-state index contributed by atoms with van der Waals surface area (Å²) in [7, 11) is 0. The quantitative estimate of drug-likeness (QED) is 0.821. The Kier molecular flexibility index (Phi) is 1.68. The number of para-hydroxylation sites is 2. The lowest BCUT2D eigenvalue weighted by Crippen LogP contribution is -2.63. The van der Waals surface area contributed by atoms with Gasteiger partial charge in [0.15, 0.2) is 0 Å². The molecule has 4 rings (SSSR count). The van der Waals surface area contributed by atoms with Crippen LogP contribution in [0.4, 0.5) is 5.95 Å². The van der Waals surface area contributed by atoms with E-state index in [9.17, 15) is 5.11 Å². The molecule has 0 unspecified atom stereocenters. The SMILES string of the molecule is OC1(C2CC2)CN(c2nc3ccccc3[nH]2)C1. The van der Waals surface area contributed by atoms with Crippen LogP contribution in [0.25, 0.3) is 11.0 Å². The number of hydrogen-bond donors (Lipinski definition) is 2. The van der Waals surface area contributed by atoms with Crippen molar-refractivity contribution >= 4 is 17.0 Å². The number of nitrogens with one attached hydrogen (secondary N) is 1. The average molecular weight is 229 g/mol. The Labute approximate surface area is 99.3 Å². The minimum atomic E-state index is -0.445.